The van der Waals surface area contributed by atoms with Crippen molar-refractivity contribution in [3.05, 3.63) is 63.2 Å². The molecule has 0 bridgehead atoms. The average Bonchev–Trinajstić information content (AvgIpc) is 2.59. The quantitative estimate of drug-likeness (QED) is 0.334. The fourth-order valence-electron chi connectivity index (χ4n) is 2.04. The number of non-ortho nitro benzene ring substituents is 1. The molecule has 0 saturated heterocycles. The van der Waals surface area contributed by atoms with Crippen molar-refractivity contribution in [3.8, 4) is 5.75 Å². The summed E-state index contributed by atoms with van der Waals surface area (Å²) in [6.07, 6.45) is 2.38. The SMILES string of the molecule is COc1ccc(S(=O)(=O)F)cc1NC(=O)C=Cc1ccc([N+](=O)[O-])cc1Cl. The third kappa shape index (κ3) is 5.25. The van der Waals surface area contributed by atoms with Gasteiger partial charge in [0.1, 0.15) is 10.6 Å². The predicted octanol–water partition coefficient (Wildman–Crippen LogP) is 3.57. The van der Waals surface area contributed by atoms with E-state index in [0.29, 0.717) is 5.56 Å². The summed E-state index contributed by atoms with van der Waals surface area (Å²) in [6.45, 7) is 0. The van der Waals surface area contributed by atoms with Crippen molar-refractivity contribution in [1.29, 1.82) is 0 Å². The van der Waals surface area contributed by atoms with Gasteiger partial charge in [-0.25, -0.2) is 0 Å². The van der Waals surface area contributed by atoms with E-state index < -0.39 is 25.9 Å². The lowest BCUT2D eigenvalue weighted by Crippen LogP contribution is -2.09. The number of methoxy groups -OCH3 is 1. The molecule has 0 unspecified atom stereocenters. The maximum Gasteiger partial charge on any atom is 0.332 e. The molecule has 2 aromatic rings. The predicted molar refractivity (Wildman–Crippen MR) is 97.1 cm³/mol. The van der Waals surface area contributed by atoms with Crippen LogP contribution in [0, 0.1) is 10.1 Å². The lowest BCUT2D eigenvalue weighted by Gasteiger charge is -2.09. The van der Waals surface area contributed by atoms with Crippen molar-refractivity contribution in [3.63, 3.8) is 0 Å². The third-order valence-corrected chi connectivity index (χ3v) is 4.46. The maximum absolute atomic E-state index is 13.1. The summed E-state index contributed by atoms with van der Waals surface area (Å²) in [4.78, 5) is 21.5. The van der Waals surface area contributed by atoms with Crippen LogP contribution in [-0.4, -0.2) is 26.4 Å². The molecule has 0 aromatic heterocycles. The minimum absolute atomic E-state index is 0.0549. The smallest absolute Gasteiger partial charge is 0.332 e. The summed E-state index contributed by atoms with van der Waals surface area (Å²) < 4.78 is 40.1. The van der Waals surface area contributed by atoms with Gasteiger partial charge in [0, 0.05) is 18.2 Å². The topological polar surface area (TPSA) is 116 Å². The first-order valence-electron chi connectivity index (χ1n) is 7.17. The van der Waals surface area contributed by atoms with E-state index in [2.05, 4.69) is 5.32 Å². The molecule has 2 aromatic carbocycles. The molecule has 11 heteroatoms. The Morgan fingerprint density at radius 1 is 1.30 bits per heavy atom. The summed E-state index contributed by atoms with van der Waals surface area (Å²) in [5, 5.41) is 13.1. The molecule has 0 heterocycles. The Morgan fingerprint density at radius 2 is 2.00 bits per heavy atom. The molecule has 0 fully saturated rings. The molecule has 0 aliphatic carbocycles. The van der Waals surface area contributed by atoms with Gasteiger partial charge in [0.25, 0.3) is 5.69 Å². The van der Waals surface area contributed by atoms with E-state index in [9.17, 15) is 27.2 Å². The number of nitro benzene ring substituents is 1. The van der Waals surface area contributed by atoms with Gasteiger partial charge in [-0.2, -0.15) is 8.42 Å². The maximum atomic E-state index is 13.1. The van der Waals surface area contributed by atoms with Crippen molar-refractivity contribution in [1.82, 2.24) is 0 Å². The Morgan fingerprint density at radius 3 is 2.56 bits per heavy atom. The van der Waals surface area contributed by atoms with Gasteiger partial charge >= 0.3 is 10.2 Å². The zero-order valence-corrected chi connectivity index (χ0v) is 15.3. The van der Waals surface area contributed by atoms with Crippen molar-refractivity contribution in [2.45, 2.75) is 4.90 Å². The molecule has 1 amide bonds. The lowest BCUT2D eigenvalue weighted by atomic mass is 10.2. The van der Waals surface area contributed by atoms with Gasteiger partial charge in [-0.3, -0.25) is 14.9 Å². The Labute approximate surface area is 158 Å². The normalized spacial score (nSPS) is 11.4. The number of hydrogen-bond donors (Lipinski definition) is 1. The first kappa shape index (κ1) is 20.3. The van der Waals surface area contributed by atoms with Crippen LogP contribution >= 0.6 is 11.6 Å². The monoisotopic (exact) mass is 414 g/mol. The van der Waals surface area contributed by atoms with E-state index in [1.54, 1.807) is 0 Å². The zero-order chi connectivity index (χ0) is 20.2. The molecule has 1 N–H and O–H groups in total. The minimum Gasteiger partial charge on any atom is -0.495 e. The molecule has 142 valence electrons. The van der Waals surface area contributed by atoms with E-state index in [0.717, 1.165) is 24.3 Å². The van der Waals surface area contributed by atoms with Crippen LogP contribution in [0.4, 0.5) is 15.3 Å². The largest absolute Gasteiger partial charge is 0.495 e. The van der Waals surface area contributed by atoms with Crippen molar-refractivity contribution in [2.75, 3.05) is 12.4 Å². The standard InChI is InChI=1S/C16H12ClFN2O6S/c1-26-15-6-5-12(27(18,24)25)9-14(15)19-16(21)7-3-10-2-4-11(20(22)23)8-13(10)17/h2-9H,1H3,(H,19,21). The van der Waals surface area contributed by atoms with Gasteiger partial charge in [0.05, 0.1) is 22.7 Å². The molecule has 27 heavy (non-hydrogen) atoms. The summed E-state index contributed by atoms with van der Waals surface area (Å²) in [5.74, 6) is -0.561. The Hall–Kier alpha value is -2.98. The van der Waals surface area contributed by atoms with Crippen LogP contribution in [0.1, 0.15) is 5.56 Å². The molecular formula is C16H12ClFN2O6S. The molecule has 2 rings (SSSR count). The summed E-state index contributed by atoms with van der Waals surface area (Å²) in [5.41, 5.74) is 0.0979. The minimum atomic E-state index is -4.96. The molecule has 0 saturated carbocycles. The van der Waals surface area contributed by atoms with Gasteiger partial charge in [-0.15, -0.1) is 3.89 Å². The summed E-state index contributed by atoms with van der Waals surface area (Å²) in [7, 11) is -3.66. The highest BCUT2D eigenvalue weighted by Gasteiger charge is 2.16. The molecule has 0 atom stereocenters. The van der Waals surface area contributed by atoms with Gasteiger partial charge in [0.2, 0.25) is 5.91 Å². The third-order valence-electron chi connectivity index (χ3n) is 3.32. The number of nitrogens with one attached hydrogen (secondary N) is 1. The van der Waals surface area contributed by atoms with Crippen LogP contribution < -0.4 is 10.1 Å². The van der Waals surface area contributed by atoms with Crippen LogP contribution in [-0.2, 0) is 15.0 Å². The van der Waals surface area contributed by atoms with Gasteiger partial charge in [0.15, 0.2) is 0 Å². The van der Waals surface area contributed by atoms with Crippen LogP contribution in [0.25, 0.3) is 6.08 Å². The number of amides is 1. The Bertz CT molecular complexity index is 1040. The van der Waals surface area contributed by atoms with Crippen LogP contribution in [0.3, 0.4) is 0 Å². The van der Waals surface area contributed by atoms with E-state index in [1.165, 1.54) is 31.4 Å². The number of halogens is 2. The first-order valence-corrected chi connectivity index (χ1v) is 8.93. The molecule has 0 aliphatic heterocycles. The van der Waals surface area contributed by atoms with Gasteiger partial charge < -0.3 is 10.1 Å². The lowest BCUT2D eigenvalue weighted by molar-refractivity contribution is -0.384. The fraction of sp³-hybridized carbons (Fsp3) is 0.0625. The number of carbonyl (C=O) groups is 1. The van der Waals surface area contributed by atoms with Crippen LogP contribution in [0.5, 0.6) is 5.75 Å². The number of anilines is 1. The van der Waals surface area contributed by atoms with Crippen molar-refractivity contribution < 1.29 is 26.8 Å². The number of ether oxygens (including phenoxy) is 1. The molecule has 0 radical (unpaired) electrons. The molecular weight excluding hydrogens is 403 g/mol. The highest BCUT2D eigenvalue weighted by Crippen LogP contribution is 2.28. The van der Waals surface area contributed by atoms with Gasteiger partial charge in [-0.05, 0) is 35.9 Å². The Kier molecular flexibility index (Phi) is 6.13. The number of nitro groups is 1. The Balaban J connectivity index is 2.23. The van der Waals surface area contributed by atoms with E-state index >= 15 is 0 Å². The average molecular weight is 415 g/mol. The van der Waals surface area contributed by atoms with Gasteiger partial charge in [-0.1, -0.05) is 11.6 Å². The number of nitrogens with zero attached hydrogens (tertiary/aromatic N) is 1. The highest BCUT2D eigenvalue weighted by molar-refractivity contribution is 7.86. The first-order chi connectivity index (χ1) is 12.6. The zero-order valence-electron chi connectivity index (χ0n) is 13.7. The summed E-state index contributed by atoms with van der Waals surface area (Å²) in [6, 6.07) is 6.83. The van der Waals surface area contributed by atoms with Crippen molar-refractivity contribution in [2.24, 2.45) is 0 Å². The number of benzene rings is 2. The van der Waals surface area contributed by atoms with E-state index in [1.807, 2.05) is 0 Å². The number of rotatable bonds is 6. The number of carbonyl (C=O) groups excluding carboxylic acids is 1. The second-order valence-corrected chi connectivity index (χ2v) is 6.84. The molecule has 0 spiro atoms. The van der Waals surface area contributed by atoms with Crippen molar-refractivity contribution >= 4 is 45.2 Å². The van der Waals surface area contributed by atoms with E-state index in [-0.39, 0.29) is 22.1 Å². The molecule has 0 aliphatic rings. The second kappa shape index (κ2) is 8.14. The highest BCUT2D eigenvalue weighted by atomic mass is 35.5. The fourth-order valence-corrected chi connectivity index (χ4v) is 2.77. The summed E-state index contributed by atoms with van der Waals surface area (Å²) >= 11 is 5.92. The van der Waals surface area contributed by atoms with Crippen LogP contribution in [0.15, 0.2) is 47.4 Å². The second-order valence-electron chi connectivity index (χ2n) is 5.09. The number of hydrogen-bond acceptors (Lipinski definition) is 6. The molecule has 8 nitrogen and oxygen atoms in total. The van der Waals surface area contributed by atoms with Crippen LogP contribution in [0.2, 0.25) is 5.02 Å². The van der Waals surface area contributed by atoms with E-state index in [4.69, 9.17) is 16.3 Å².